The van der Waals surface area contributed by atoms with Gasteiger partial charge >= 0.3 is 0 Å². The van der Waals surface area contributed by atoms with E-state index in [4.69, 9.17) is 4.74 Å². The lowest BCUT2D eigenvalue weighted by Gasteiger charge is -2.14. The predicted octanol–water partition coefficient (Wildman–Crippen LogP) is 4.67. The van der Waals surface area contributed by atoms with Gasteiger partial charge in [-0.1, -0.05) is 31.2 Å². The van der Waals surface area contributed by atoms with Crippen LogP contribution >= 0.6 is 15.9 Å². The average Bonchev–Trinajstić information content (AvgIpc) is 2.47. The van der Waals surface area contributed by atoms with E-state index in [9.17, 15) is 4.39 Å². The normalized spacial score (nSPS) is 10.6. The Labute approximate surface area is 133 Å². The van der Waals surface area contributed by atoms with E-state index in [1.807, 2.05) is 24.3 Å². The van der Waals surface area contributed by atoms with Crippen LogP contribution in [0.15, 0.2) is 46.9 Å². The van der Waals surface area contributed by atoms with Gasteiger partial charge in [0, 0.05) is 12.1 Å². The Morgan fingerprint density at radius 3 is 2.76 bits per heavy atom. The van der Waals surface area contributed by atoms with Gasteiger partial charge in [-0.05, 0) is 52.7 Å². The van der Waals surface area contributed by atoms with Crippen LogP contribution in [0, 0.1) is 5.82 Å². The Kier molecular flexibility index (Phi) is 6.21. The molecule has 0 amide bonds. The summed E-state index contributed by atoms with van der Waals surface area (Å²) in [5.41, 5.74) is 1.91. The van der Waals surface area contributed by atoms with E-state index in [1.54, 1.807) is 6.07 Å². The number of hydrogen-bond acceptors (Lipinski definition) is 2. The summed E-state index contributed by atoms with van der Waals surface area (Å²) in [6.45, 7) is 4.21. The second-order valence-electron chi connectivity index (χ2n) is 4.82. The van der Waals surface area contributed by atoms with Crippen molar-refractivity contribution in [2.45, 2.75) is 26.5 Å². The second-order valence-corrected chi connectivity index (χ2v) is 5.68. The lowest BCUT2D eigenvalue weighted by atomic mass is 10.2. The molecule has 0 aliphatic rings. The first-order valence-electron chi connectivity index (χ1n) is 7.06. The van der Waals surface area contributed by atoms with Gasteiger partial charge in [0.1, 0.15) is 18.2 Å². The summed E-state index contributed by atoms with van der Waals surface area (Å²) in [7, 11) is 0. The number of nitrogens with one attached hydrogen (secondary N) is 1. The Morgan fingerprint density at radius 2 is 2.00 bits per heavy atom. The van der Waals surface area contributed by atoms with Gasteiger partial charge in [0.25, 0.3) is 0 Å². The van der Waals surface area contributed by atoms with Gasteiger partial charge in [0.05, 0.1) is 4.47 Å². The number of rotatable bonds is 7. The van der Waals surface area contributed by atoms with Crippen molar-refractivity contribution in [3.8, 4) is 5.75 Å². The van der Waals surface area contributed by atoms with Gasteiger partial charge in [-0.25, -0.2) is 4.39 Å². The van der Waals surface area contributed by atoms with Crippen LogP contribution in [0.5, 0.6) is 5.75 Å². The maximum Gasteiger partial charge on any atom is 0.138 e. The van der Waals surface area contributed by atoms with Gasteiger partial charge in [0.2, 0.25) is 0 Å². The molecular weight excluding hydrogens is 333 g/mol. The van der Waals surface area contributed by atoms with Crippen molar-refractivity contribution in [3.63, 3.8) is 0 Å². The Bertz CT molecular complexity index is 589. The van der Waals surface area contributed by atoms with E-state index in [0.29, 0.717) is 6.61 Å². The SMILES string of the molecule is CCCNCc1cccc(Br)c1OCc1cccc(F)c1. The second kappa shape index (κ2) is 8.15. The molecule has 0 aliphatic carbocycles. The predicted molar refractivity (Wildman–Crippen MR) is 86.9 cm³/mol. The molecule has 0 aromatic heterocycles. The van der Waals surface area contributed by atoms with Crippen molar-refractivity contribution >= 4 is 15.9 Å². The van der Waals surface area contributed by atoms with Gasteiger partial charge < -0.3 is 10.1 Å². The summed E-state index contributed by atoms with van der Waals surface area (Å²) in [6.07, 6.45) is 1.09. The van der Waals surface area contributed by atoms with Crippen LogP contribution in [-0.2, 0) is 13.2 Å². The van der Waals surface area contributed by atoms with Crippen LogP contribution in [0.4, 0.5) is 4.39 Å². The lowest BCUT2D eigenvalue weighted by Crippen LogP contribution is -2.14. The average molecular weight is 352 g/mol. The van der Waals surface area contributed by atoms with Crippen LogP contribution in [0.1, 0.15) is 24.5 Å². The third-order valence-corrected chi connectivity index (χ3v) is 3.69. The zero-order valence-electron chi connectivity index (χ0n) is 12.0. The fourth-order valence-electron chi connectivity index (χ4n) is 2.04. The van der Waals surface area contributed by atoms with Gasteiger partial charge in [-0.2, -0.15) is 0 Å². The molecule has 0 atom stereocenters. The van der Waals surface area contributed by atoms with Crippen LogP contribution in [0.3, 0.4) is 0 Å². The van der Waals surface area contributed by atoms with E-state index in [0.717, 1.165) is 40.9 Å². The summed E-state index contributed by atoms with van der Waals surface area (Å²) in [4.78, 5) is 0. The van der Waals surface area contributed by atoms with Crippen LogP contribution < -0.4 is 10.1 Å². The molecule has 0 bridgehead atoms. The number of benzene rings is 2. The first-order chi connectivity index (χ1) is 10.2. The quantitative estimate of drug-likeness (QED) is 0.732. The zero-order valence-corrected chi connectivity index (χ0v) is 13.6. The first kappa shape index (κ1) is 16.0. The van der Waals surface area contributed by atoms with E-state index in [2.05, 4.69) is 28.2 Å². The minimum atomic E-state index is -0.243. The molecule has 112 valence electrons. The summed E-state index contributed by atoms with van der Waals surface area (Å²) < 4.78 is 20.0. The van der Waals surface area contributed by atoms with Crippen LogP contribution in [0.25, 0.3) is 0 Å². The smallest absolute Gasteiger partial charge is 0.138 e. The number of ether oxygens (including phenoxy) is 1. The molecule has 0 saturated carbocycles. The fourth-order valence-corrected chi connectivity index (χ4v) is 2.56. The third kappa shape index (κ3) is 4.83. The van der Waals surface area contributed by atoms with Crippen molar-refractivity contribution in [2.24, 2.45) is 0 Å². The summed E-state index contributed by atoms with van der Waals surface area (Å²) in [6, 6.07) is 12.4. The van der Waals surface area contributed by atoms with Crippen molar-refractivity contribution in [2.75, 3.05) is 6.54 Å². The molecule has 1 N–H and O–H groups in total. The first-order valence-corrected chi connectivity index (χ1v) is 7.85. The molecule has 0 saturated heterocycles. The molecule has 0 fully saturated rings. The standard InChI is InChI=1S/C17H19BrFNO/c1-2-9-20-11-14-6-4-8-16(18)17(14)21-12-13-5-3-7-15(19)10-13/h3-8,10,20H,2,9,11-12H2,1H3. The highest BCUT2D eigenvalue weighted by atomic mass is 79.9. The van der Waals surface area contributed by atoms with Crippen LogP contribution in [0.2, 0.25) is 0 Å². The van der Waals surface area contributed by atoms with E-state index < -0.39 is 0 Å². The molecule has 4 heteroatoms. The van der Waals surface area contributed by atoms with E-state index in [-0.39, 0.29) is 5.82 Å². The monoisotopic (exact) mass is 351 g/mol. The minimum absolute atomic E-state index is 0.243. The molecule has 2 nitrogen and oxygen atoms in total. The number of para-hydroxylation sites is 1. The lowest BCUT2D eigenvalue weighted by molar-refractivity contribution is 0.299. The third-order valence-electron chi connectivity index (χ3n) is 3.06. The molecule has 0 unspecified atom stereocenters. The maximum absolute atomic E-state index is 13.2. The summed E-state index contributed by atoms with van der Waals surface area (Å²) >= 11 is 3.52. The molecule has 21 heavy (non-hydrogen) atoms. The molecule has 2 rings (SSSR count). The minimum Gasteiger partial charge on any atom is -0.487 e. The topological polar surface area (TPSA) is 21.3 Å². The fraction of sp³-hybridized carbons (Fsp3) is 0.294. The largest absolute Gasteiger partial charge is 0.487 e. The Hall–Kier alpha value is -1.39. The van der Waals surface area contributed by atoms with Crippen molar-refractivity contribution in [1.29, 1.82) is 0 Å². The molecule has 0 aliphatic heterocycles. The maximum atomic E-state index is 13.2. The molecular formula is C17H19BrFNO. The number of halogens is 2. The highest BCUT2D eigenvalue weighted by Crippen LogP contribution is 2.29. The van der Waals surface area contributed by atoms with E-state index >= 15 is 0 Å². The molecule has 0 heterocycles. The van der Waals surface area contributed by atoms with Crippen molar-refractivity contribution in [1.82, 2.24) is 5.32 Å². The van der Waals surface area contributed by atoms with Gasteiger partial charge in [0.15, 0.2) is 0 Å². The van der Waals surface area contributed by atoms with Crippen LogP contribution in [-0.4, -0.2) is 6.54 Å². The van der Waals surface area contributed by atoms with Gasteiger partial charge in [-0.15, -0.1) is 0 Å². The van der Waals surface area contributed by atoms with Crippen molar-refractivity contribution < 1.29 is 9.13 Å². The highest BCUT2D eigenvalue weighted by Gasteiger charge is 2.08. The number of hydrogen-bond donors (Lipinski definition) is 1. The molecule has 0 spiro atoms. The summed E-state index contributed by atoms with van der Waals surface area (Å²) in [5.74, 6) is 0.568. The van der Waals surface area contributed by atoms with Crippen molar-refractivity contribution in [3.05, 3.63) is 63.9 Å². The summed E-state index contributed by atoms with van der Waals surface area (Å²) in [5, 5.41) is 3.37. The Balaban J connectivity index is 2.07. The van der Waals surface area contributed by atoms with E-state index in [1.165, 1.54) is 12.1 Å². The highest BCUT2D eigenvalue weighted by molar-refractivity contribution is 9.10. The zero-order chi connectivity index (χ0) is 15.1. The van der Waals surface area contributed by atoms with Gasteiger partial charge in [-0.3, -0.25) is 0 Å². The Morgan fingerprint density at radius 1 is 1.19 bits per heavy atom. The molecule has 2 aromatic rings. The molecule has 2 aromatic carbocycles. The molecule has 0 radical (unpaired) electrons.